The normalized spacial score (nSPS) is 21.9. The number of carbonyl (C=O) groups excluding carboxylic acids is 1. The Kier molecular flexibility index (Phi) is 10.3. The van der Waals surface area contributed by atoms with Crippen molar-refractivity contribution in [3.8, 4) is 5.75 Å². The summed E-state index contributed by atoms with van der Waals surface area (Å²) in [5.74, 6) is 0.456. The summed E-state index contributed by atoms with van der Waals surface area (Å²) in [6.45, 7) is 3.06. The number of unbranched alkanes of at least 4 members (excludes halogenated alkanes) is 3. The van der Waals surface area contributed by atoms with Crippen molar-refractivity contribution in [2.45, 2.75) is 57.3 Å². The van der Waals surface area contributed by atoms with Crippen molar-refractivity contribution < 1.29 is 19.7 Å². The summed E-state index contributed by atoms with van der Waals surface area (Å²) in [6.07, 6.45) is 5.32. The predicted octanol–water partition coefficient (Wildman–Crippen LogP) is 2.38. The van der Waals surface area contributed by atoms with E-state index in [9.17, 15) is 9.90 Å². The predicted molar refractivity (Wildman–Crippen MR) is 118 cm³/mol. The van der Waals surface area contributed by atoms with Crippen LogP contribution in [0.15, 0.2) is 35.9 Å². The maximum absolute atomic E-state index is 12.4. The minimum absolute atomic E-state index is 0.108. The van der Waals surface area contributed by atoms with Crippen molar-refractivity contribution >= 4 is 28.5 Å². The third kappa shape index (κ3) is 7.02. The summed E-state index contributed by atoms with van der Waals surface area (Å²) < 4.78 is 7.00. The highest BCUT2D eigenvalue weighted by atomic mass is 127. The zero-order valence-corrected chi connectivity index (χ0v) is 18.5. The molecule has 1 aliphatic rings. The van der Waals surface area contributed by atoms with Crippen LogP contribution in [-0.2, 0) is 4.79 Å². The van der Waals surface area contributed by atoms with E-state index in [0.29, 0.717) is 17.7 Å². The number of para-hydroxylation sites is 1. The van der Waals surface area contributed by atoms with E-state index in [1.807, 2.05) is 24.3 Å². The van der Waals surface area contributed by atoms with Gasteiger partial charge in [0.2, 0.25) is 5.91 Å². The number of carbonyl (C=O) groups is 1. The molecule has 4 N–H and O–H groups in total. The maximum atomic E-state index is 12.4. The van der Waals surface area contributed by atoms with E-state index in [4.69, 9.17) is 9.84 Å². The zero-order valence-electron chi connectivity index (χ0n) is 16.4. The van der Waals surface area contributed by atoms with E-state index in [-0.39, 0.29) is 25.1 Å². The number of rotatable bonds is 11. The lowest BCUT2D eigenvalue weighted by atomic mass is 9.89. The van der Waals surface area contributed by atoms with Crippen LogP contribution in [-0.4, -0.2) is 54.1 Å². The van der Waals surface area contributed by atoms with Gasteiger partial charge in [-0.05, 0) is 60.2 Å². The molecule has 0 bridgehead atoms. The van der Waals surface area contributed by atoms with Gasteiger partial charge in [-0.2, -0.15) is 0 Å². The number of aliphatic hydroxyl groups is 2. The highest BCUT2D eigenvalue weighted by molar-refractivity contribution is 14.1. The van der Waals surface area contributed by atoms with Crippen LogP contribution in [0.2, 0.25) is 0 Å². The number of aliphatic hydroxyl groups excluding tert-OH is 2. The first kappa shape index (κ1) is 23.1. The Morgan fingerprint density at radius 3 is 2.75 bits per heavy atom. The molecular formula is C21H31IN2O4. The molecular weight excluding hydrogens is 471 g/mol. The molecule has 0 spiro atoms. The van der Waals surface area contributed by atoms with Crippen LogP contribution in [0.25, 0.3) is 0 Å². The van der Waals surface area contributed by atoms with Gasteiger partial charge in [-0.3, -0.25) is 4.79 Å². The lowest BCUT2D eigenvalue weighted by molar-refractivity contribution is -0.118. The van der Waals surface area contributed by atoms with E-state index in [1.165, 1.54) is 12.8 Å². The van der Waals surface area contributed by atoms with E-state index < -0.39 is 12.2 Å². The minimum atomic E-state index is -0.753. The first-order valence-corrected chi connectivity index (χ1v) is 11.1. The average Bonchev–Trinajstić information content (AvgIpc) is 2.70. The first-order valence-electron chi connectivity index (χ1n) is 9.99. The second-order valence-electron chi connectivity index (χ2n) is 7.00. The highest BCUT2D eigenvalue weighted by Gasteiger charge is 2.35. The molecule has 0 aromatic heterocycles. The van der Waals surface area contributed by atoms with Gasteiger partial charge >= 0.3 is 0 Å². The number of halogens is 1. The molecule has 156 valence electrons. The van der Waals surface area contributed by atoms with Gasteiger partial charge in [-0.1, -0.05) is 38.3 Å². The third-order valence-corrected chi connectivity index (χ3v) is 5.67. The molecule has 1 amide bonds. The molecule has 1 aliphatic carbocycles. The second kappa shape index (κ2) is 12.4. The van der Waals surface area contributed by atoms with Crippen molar-refractivity contribution in [2.24, 2.45) is 0 Å². The summed E-state index contributed by atoms with van der Waals surface area (Å²) in [4.78, 5) is 12.4. The molecule has 3 atom stereocenters. The average molecular weight is 502 g/mol. The Labute approximate surface area is 180 Å². The summed E-state index contributed by atoms with van der Waals surface area (Å²) in [5.41, 5.74) is 0.570. The third-order valence-electron chi connectivity index (χ3n) is 4.78. The van der Waals surface area contributed by atoms with Gasteiger partial charge in [-0.25, -0.2) is 0 Å². The molecule has 1 aromatic rings. The van der Waals surface area contributed by atoms with Gasteiger partial charge in [0.15, 0.2) is 0 Å². The fourth-order valence-electron chi connectivity index (χ4n) is 3.23. The molecule has 7 heteroatoms. The Bertz CT molecular complexity index is 653. The van der Waals surface area contributed by atoms with E-state index >= 15 is 0 Å². The Hall–Kier alpha value is -1.16. The number of hydrogen-bond donors (Lipinski definition) is 4. The van der Waals surface area contributed by atoms with E-state index in [0.717, 1.165) is 23.0 Å². The number of benzene rings is 1. The van der Waals surface area contributed by atoms with Crippen molar-refractivity contribution in [1.82, 2.24) is 10.6 Å². The van der Waals surface area contributed by atoms with Crippen LogP contribution in [0.3, 0.4) is 0 Å². The first-order chi connectivity index (χ1) is 13.6. The summed E-state index contributed by atoms with van der Waals surface area (Å²) in [5, 5.41) is 25.9. The SMILES string of the molecule is CCCCCCNC1CC(C(=O)NCCO)=CC(Oc2ccccc2I)C1O. The van der Waals surface area contributed by atoms with Gasteiger partial charge in [-0.15, -0.1) is 0 Å². The van der Waals surface area contributed by atoms with Crippen LogP contribution in [0.5, 0.6) is 5.75 Å². The maximum Gasteiger partial charge on any atom is 0.247 e. The van der Waals surface area contributed by atoms with E-state index in [2.05, 4.69) is 40.1 Å². The molecule has 0 heterocycles. The van der Waals surface area contributed by atoms with Crippen molar-refractivity contribution in [3.63, 3.8) is 0 Å². The van der Waals surface area contributed by atoms with Crippen LogP contribution in [0.4, 0.5) is 0 Å². The molecule has 0 aliphatic heterocycles. The number of ether oxygens (including phenoxy) is 1. The monoisotopic (exact) mass is 502 g/mol. The molecule has 0 saturated carbocycles. The topological polar surface area (TPSA) is 90.8 Å². The molecule has 0 fully saturated rings. The second-order valence-corrected chi connectivity index (χ2v) is 8.16. The fourth-order valence-corrected chi connectivity index (χ4v) is 3.74. The van der Waals surface area contributed by atoms with Gasteiger partial charge in [0, 0.05) is 18.2 Å². The highest BCUT2D eigenvalue weighted by Crippen LogP contribution is 2.27. The Balaban J connectivity index is 2.10. The summed E-state index contributed by atoms with van der Waals surface area (Å²) in [7, 11) is 0. The fraction of sp³-hybridized carbons (Fsp3) is 0.571. The van der Waals surface area contributed by atoms with Crippen LogP contribution >= 0.6 is 22.6 Å². The Morgan fingerprint density at radius 1 is 1.25 bits per heavy atom. The van der Waals surface area contributed by atoms with Gasteiger partial charge < -0.3 is 25.6 Å². The number of hydrogen-bond acceptors (Lipinski definition) is 5. The molecule has 6 nitrogen and oxygen atoms in total. The molecule has 1 aromatic carbocycles. The van der Waals surface area contributed by atoms with Gasteiger partial charge in [0.25, 0.3) is 0 Å². The standard InChI is InChI=1S/C21H31IN2O4/c1-2-3-4-7-10-23-17-13-15(21(27)24-11-12-25)14-19(20(17)26)28-18-9-6-5-8-16(18)22/h5-6,8-9,14,17,19-20,23,25-26H,2-4,7,10-13H2,1H3,(H,24,27). The largest absolute Gasteiger partial charge is 0.482 e. The summed E-state index contributed by atoms with van der Waals surface area (Å²) in [6, 6.07) is 7.35. The molecule has 0 radical (unpaired) electrons. The molecule has 28 heavy (non-hydrogen) atoms. The van der Waals surface area contributed by atoms with Crippen LogP contribution in [0, 0.1) is 3.57 Å². The van der Waals surface area contributed by atoms with Crippen molar-refractivity contribution in [3.05, 3.63) is 39.5 Å². The molecule has 2 rings (SSSR count). The van der Waals surface area contributed by atoms with E-state index in [1.54, 1.807) is 6.08 Å². The lowest BCUT2D eigenvalue weighted by Crippen LogP contribution is -2.52. The van der Waals surface area contributed by atoms with Gasteiger partial charge in [0.1, 0.15) is 18.0 Å². The zero-order chi connectivity index (χ0) is 20.4. The van der Waals surface area contributed by atoms with Crippen LogP contribution < -0.4 is 15.4 Å². The molecule has 3 unspecified atom stereocenters. The van der Waals surface area contributed by atoms with Crippen molar-refractivity contribution in [1.29, 1.82) is 0 Å². The number of nitrogens with one attached hydrogen (secondary N) is 2. The van der Waals surface area contributed by atoms with Crippen LogP contribution in [0.1, 0.15) is 39.0 Å². The van der Waals surface area contributed by atoms with Crippen molar-refractivity contribution in [2.75, 3.05) is 19.7 Å². The summed E-state index contributed by atoms with van der Waals surface area (Å²) >= 11 is 2.19. The smallest absolute Gasteiger partial charge is 0.247 e. The lowest BCUT2D eigenvalue weighted by Gasteiger charge is -2.34. The Morgan fingerprint density at radius 2 is 2.04 bits per heavy atom. The minimum Gasteiger partial charge on any atom is -0.482 e. The van der Waals surface area contributed by atoms with Gasteiger partial charge in [0.05, 0.1) is 10.2 Å². The quantitative estimate of drug-likeness (QED) is 0.276. The molecule has 0 saturated heterocycles. The number of amides is 1.